The van der Waals surface area contributed by atoms with E-state index in [9.17, 15) is 14.4 Å². The van der Waals surface area contributed by atoms with E-state index in [1.165, 1.54) is 0 Å². The summed E-state index contributed by atoms with van der Waals surface area (Å²) < 4.78 is 0. The van der Waals surface area contributed by atoms with E-state index in [2.05, 4.69) is 5.32 Å². The molecule has 3 amide bonds. The van der Waals surface area contributed by atoms with Crippen LogP contribution in [0, 0.1) is 5.92 Å². The largest absolute Gasteiger partial charge is 0.481 e. The number of hydrogen-bond acceptors (Lipinski definition) is 3. The van der Waals surface area contributed by atoms with Crippen LogP contribution in [-0.2, 0) is 16.0 Å². The van der Waals surface area contributed by atoms with E-state index in [1.807, 2.05) is 30.3 Å². The van der Waals surface area contributed by atoms with Gasteiger partial charge in [0.1, 0.15) is 0 Å². The first kappa shape index (κ1) is 19.2. The third-order valence-corrected chi connectivity index (χ3v) is 5.55. The highest BCUT2D eigenvalue weighted by atomic mass is 16.4. The number of fused-ring (bicyclic) bond motifs is 1. The zero-order chi connectivity index (χ0) is 19.4. The summed E-state index contributed by atoms with van der Waals surface area (Å²) in [4.78, 5) is 39.7. The van der Waals surface area contributed by atoms with Gasteiger partial charge in [-0.15, -0.1) is 0 Å². The lowest BCUT2D eigenvalue weighted by Gasteiger charge is -2.37. The Morgan fingerprint density at radius 1 is 1.30 bits per heavy atom. The third-order valence-electron chi connectivity index (χ3n) is 5.55. The molecular formula is C20H27N3O4. The van der Waals surface area contributed by atoms with Crippen molar-refractivity contribution in [3.63, 3.8) is 0 Å². The van der Waals surface area contributed by atoms with E-state index in [1.54, 1.807) is 16.8 Å². The molecule has 2 heterocycles. The second-order valence-corrected chi connectivity index (χ2v) is 7.50. The number of likely N-dealkylation sites (N-methyl/N-ethyl adjacent to an activating group) is 1. The van der Waals surface area contributed by atoms with Crippen LogP contribution in [0.4, 0.5) is 4.79 Å². The number of carboxylic acids is 1. The standard InChI is InChI=1S/C20H27N3O4/c1-22-13-17-16(19(22)26)8-5-11-23(17)20(27)21-15(9-10-18(24)25)12-14-6-3-2-4-7-14/h2-4,6-7,15-17H,5,8-13H2,1H3,(H,21,27)(H,24,25)/t15?,16-,17-/m1/s1. The molecule has 0 radical (unpaired) electrons. The maximum atomic E-state index is 12.9. The number of carboxylic acid groups (broad SMARTS) is 1. The lowest BCUT2D eigenvalue weighted by molar-refractivity contribution is -0.137. The van der Waals surface area contributed by atoms with E-state index in [0.29, 0.717) is 25.9 Å². The van der Waals surface area contributed by atoms with Gasteiger partial charge in [-0.25, -0.2) is 4.79 Å². The van der Waals surface area contributed by atoms with Crippen molar-refractivity contribution >= 4 is 17.9 Å². The van der Waals surface area contributed by atoms with Crippen molar-refractivity contribution in [1.29, 1.82) is 0 Å². The Labute approximate surface area is 159 Å². The number of benzene rings is 1. The van der Waals surface area contributed by atoms with Crippen molar-refractivity contribution in [2.24, 2.45) is 5.92 Å². The SMILES string of the molecule is CN1C[C@@H]2[C@@H](CCCN2C(=O)NC(CCC(=O)O)Cc2ccccc2)C1=O. The van der Waals surface area contributed by atoms with Gasteiger partial charge in [-0.2, -0.15) is 0 Å². The normalized spacial score (nSPS) is 23.1. The number of aliphatic carboxylic acids is 1. The van der Waals surface area contributed by atoms with E-state index in [4.69, 9.17) is 5.11 Å². The van der Waals surface area contributed by atoms with Crippen LogP contribution in [0.15, 0.2) is 30.3 Å². The molecule has 2 N–H and O–H groups in total. The molecule has 1 aromatic carbocycles. The second kappa shape index (κ2) is 8.41. The van der Waals surface area contributed by atoms with Crippen molar-refractivity contribution < 1.29 is 19.5 Å². The van der Waals surface area contributed by atoms with Crippen LogP contribution in [0.25, 0.3) is 0 Å². The summed E-state index contributed by atoms with van der Waals surface area (Å²) in [6.45, 7) is 1.19. The number of piperidine rings is 1. The van der Waals surface area contributed by atoms with Crippen molar-refractivity contribution in [3.05, 3.63) is 35.9 Å². The Bertz CT molecular complexity index is 694. The number of urea groups is 1. The number of nitrogens with zero attached hydrogens (tertiary/aromatic N) is 2. The molecule has 3 rings (SSSR count). The molecule has 1 unspecified atom stereocenters. The molecule has 1 aromatic rings. The molecule has 0 aliphatic carbocycles. The predicted octanol–water partition coefficient (Wildman–Crippen LogP) is 1.72. The summed E-state index contributed by atoms with van der Waals surface area (Å²) >= 11 is 0. The summed E-state index contributed by atoms with van der Waals surface area (Å²) in [7, 11) is 1.78. The minimum Gasteiger partial charge on any atom is -0.481 e. The molecule has 0 bridgehead atoms. The first-order valence-electron chi connectivity index (χ1n) is 9.53. The Morgan fingerprint density at radius 3 is 2.74 bits per heavy atom. The van der Waals surface area contributed by atoms with Crippen LogP contribution < -0.4 is 5.32 Å². The highest BCUT2D eigenvalue weighted by molar-refractivity contribution is 5.84. The molecule has 2 aliphatic heterocycles. The van der Waals surface area contributed by atoms with Gasteiger partial charge in [0, 0.05) is 32.6 Å². The maximum absolute atomic E-state index is 12.9. The van der Waals surface area contributed by atoms with Crippen LogP contribution in [-0.4, -0.2) is 65.0 Å². The van der Waals surface area contributed by atoms with Crippen LogP contribution in [0.1, 0.15) is 31.2 Å². The van der Waals surface area contributed by atoms with E-state index in [-0.39, 0.29) is 36.4 Å². The van der Waals surface area contributed by atoms with E-state index >= 15 is 0 Å². The molecule has 3 atom stereocenters. The number of nitrogens with one attached hydrogen (secondary N) is 1. The smallest absolute Gasteiger partial charge is 0.317 e. The zero-order valence-corrected chi connectivity index (χ0v) is 15.6. The minimum atomic E-state index is -0.872. The summed E-state index contributed by atoms with van der Waals surface area (Å²) in [5, 5.41) is 12.1. The first-order valence-corrected chi connectivity index (χ1v) is 9.53. The van der Waals surface area contributed by atoms with Crippen LogP contribution in [0.2, 0.25) is 0 Å². The summed E-state index contributed by atoms with van der Waals surface area (Å²) in [5.41, 5.74) is 1.06. The van der Waals surface area contributed by atoms with Crippen LogP contribution >= 0.6 is 0 Å². The van der Waals surface area contributed by atoms with E-state index < -0.39 is 5.97 Å². The molecule has 0 spiro atoms. The number of carbonyl (C=O) groups is 3. The Morgan fingerprint density at radius 2 is 2.04 bits per heavy atom. The van der Waals surface area contributed by atoms with Crippen molar-refractivity contribution in [2.75, 3.05) is 20.1 Å². The van der Waals surface area contributed by atoms with Gasteiger partial charge in [0.2, 0.25) is 5.91 Å². The lowest BCUT2D eigenvalue weighted by Crippen LogP contribution is -2.54. The topological polar surface area (TPSA) is 89.9 Å². The quantitative estimate of drug-likeness (QED) is 0.795. The zero-order valence-electron chi connectivity index (χ0n) is 15.6. The van der Waals surface area contributed by atoms with E-state index in [0.717, 1.165) is 18.4 Å². The predicted molar refractivity (Wildman–Crippen MR) is 100 cm³/mol. The molecule has 2 saturated heterocycles. The van der Waals surface area contributed by atoms with Crippen molar-refractivity contribution in [2.45, 2.75) is 44.2 Å². The molecule has 0 saturated carbocycles. The average molecular weight is 373 g/mol. The number of carbonyl (C=O) groups excluding carboxylic acids is 2. The van der Waals surface area contributed by atoms with Crippen molar-refractivity contribution in [3.8, 4) is 0 Å². The Hall–Kier alpha value is -2.57. The fourth-order valence-electron chi connectivity index (χ4n) is 4.16. The molecule has 27 heavy (non-hydrogen) atoms. The maximum Gasteiger partial charge on any atom is 0.317 e. The monoisotopic (exact) mass is 373 g/mol. The molecule has 0 aromatic heterocycles. The highest BCUT2D eigenvalue weighted by Gasteiger charge is 2.45. The van der Waals surface area contributed by atoms with Gasteiger partial charge in [-0.1, -0.05) is 30.3 Å². The molecule has 2 aliphatic rings. The molecule has 7 heteroatoms. The van der Waals surface area contributed by atoms with Gasteiger partial charge in [-0.3, -0.25) is 9.59 Å². The van der Waals surface area contributed by atoms with Gasteiger partial charge in [0.25, 0.3) is 0 Å². The number of amides is 3. The fraction of sp³-hybridized carbons (Fsp3) is 0.550. The van der Waals surface area contributed by atoms with Gasteiger partial charge >= 0.3 is 12.0 Å². The second-order valence-electron chi connectivity index (χ2n) is 7.50. The molecular weight excluding hydrogens is 346 g/mol. The van der Waals surface area contributed by atoms with Gasteiger partial charge in [0.15, 0.2) is 0 Å². The molecule has 7 nitrogen and oxygen atoms in total. The van der Waals surface area contributed by atoms with Crippen LogP contribution in [0.5, 0.6) is 0 Å². The summed E-state index contributed by atoms with van der Waals surface area (Å²) in [5.74, 6) is -0.867. The summed E-state index contributed by atoms with van der Waals surface area (Å²) in [6, 6.07) is 9.19. The highest BCUT2D eigenvalue weighted by Crippen LogP contribution is 2.31. The third kappa shape index (κ3) is 4.59. The number of rotatable bonds is 6. The lowest BCUT2D eigenvalue weighted by atomic mass is 9.91. The Kier molecular flexibility index (Phi) is 5.98. The molecule has 2 fully saturated rings. The first-order chi connectivity index (χ1) is 13.0. The van der Waals surface area contributed by atoms with Gasteiger partial charge < -0.3 is 20.2 Å². The van der Waals surface area contributed by atoms with Gasteiger partial charge in [0.05, 0.1) is 12.0 Å². The minimum absolute atomic E-state index is 0.00502. The average Bonchev–Trinajstić information content (AvgIpc) is 2.95. The van der Waals surface area contributed by atoms with Crippen LogP contribution in [0.3, 0.4) is 0 Å². The Balaban J connectivity index is 1.67. The fourth-order valence-corrected chi connectivity index (χ4v) is 4.16. The number of likely N-dealkylation sites (tertiary alicyclic amines) is 2. The summed E-state index contributed by atoms with van der Waals surface area (Å²) in [6.07, 6.45) is 2.60. The number of hydrogen-bond donors (Lipinski definition) is 2. The van der Waals surface area contributed by atoms with Crippen molar-refractivity contribution in [1.82, 2.24) is 15.1 Å². The van der Waals surface area contributed by atoms with Gasteiger partial charge in [-0.05, 0) is 31.2 Å². The molecule has 146 valence electrons.